The Kier molecular flexibility index (Phi) is 3.80. The van der Waals surface area contributed by atoms with E-state index in [2.05, 4.69) is 4.72 Å². The van der Waals surface area contributed by atoms with Crippen LogP contribution in [0.3, 0.4) is 0 Å². The van der Waals surface area contributed by atoms with Crippen molar-refractivity contribution in [1.82, 2.24) is 0 Å². The Hall–Kier alpha value is -1.90. The van der Waals surface area contributed by atoms with Gasteiger partial charge in [0.1, 0.15) is 0 Å². The van der Waals surface area contributed by atoms with E-state index in [0.29, 0.717) is 5.69 Å². The molecule has 0 aromatic heterocycles. The van der Waals surface area contributed by atoms with Crippen molar-refractivity contribution >= 4 is 25.7 Å². The average Bonchev–Trinajstić information content (AvgIpc) is 2.38. The highest BCUT2D eigenvalue weighted by Crippen LogP contribution is 2.17. The second-order valence-electron chi connectivity index (χ2n) is 3.99. The highest BCUT2D eigenvalue weighted by molar-refractivity contribution is 7.92. The minimum atomic E-state index is -3.84. The van der Waals surface area contributed by atoms with Crippen molar-refractivity contribution in [2.75, 3.05) is 4.72 Å². The molecule has 0 atom stereocenters. The summed E-state index contributed by atoms with van der Waals surface area (Å²) in [7, 11) is -7.60. The summed E-state index contributed by atoms with van der Waals surface area (Å²) in [6.07, 6.45) is 0. The van der Waals surface area contributed by atoms with Gasteiger partial charge in [-0.15, -0.1) is 0 Å². The molecular formula is C12H12N2O4S2. The number of benzene rings is 2. The van der Waals surface area contributed by atoms with E-state index in [0.717, 1.165) is 12.1 Å². The van der Waals surface area contributed by atoms with Crippen LogP contribution in [-0.2, 0) is 20.0 Å². The third kappa shape index (κ3) is 3.35. The fourth-order valence-corrected chi connectivity index (χ4v) is 3.10. The van der Waals surface area contributed by atoms with Gasteiger partial charge in [0, 0.05) is 5.69 Å². The Morgan fingerprint density at radius 3 is 1.75 bits per heavy atom. The third-order valence-electron chi connectivity index (χ3n) is 2.49. The molecule has 0 amide bonds. The van der Waals surface area contributed by atoms with E-state index in [1.807, 2.05) is 0 Å². The van der Waals surface area contributed by atoms with Gasteiger partial charge in [-0.25, -0.2) is 22.0 Å². The normalized spacial score (nSPS) is 12.1. The van der Waals surface area contributed by atoms with E-state index >= 15 is 0 Å². The van der Waals surface area contributed by atoms with Crippen LogP contribution in [0.15, 0.2) is 64.4 Å². The van der Waals surface area contributed by atoms with Gasteiger partial charge in [-0.2, -0.15) is 0 Å². The zero-order valence-corrected chi connectivity index (χ0v) is 11.9. The first-order chi connectivity index (χ1) is 9.29. The highest BCUT2D eigenvalue weighted by atomic mass is 32.2. The van der Waals surface area contributed by atoms with Crippen LogP contribution in [0.5, 0.6) is 0 Å². The third-order valence-corrected chi connectivity index (χ3v) is 4.82. The quantitative estimate of drug-likeness (QED) is 0.882. The Morgan fingerprint density at radius 1 is 0.750 bits per heavy atom. The molecule has 0 aliphatic carbocycles. The number of hydrogen-bond acceptors (Lipinski definition) is 4. The SMILES string of the molecule is NS(=O)(=O)c1ccc(S(=O)(=O)Nc2ccccc2)cc1. The Labute approximate surface area is 117 Å². The zero-order chi connectivity index (χ0) is 14.8. The van der Waals surface area contributed by atoms with E-state index < -0.39 is 20.0 Å². The molecule has 0 heterocycles. The van der Waals surface area contributed by atoms with Gasteiger partial charge in [-0.3, -0.25) is 4.72 Å². The van der Waals surface area contributed by atoms with Crippen LogP contribution < -0.4 is 9.86 Å². The lowest BCUT2D eigenvalue weighted by molar-refractivity contribution is 0.595. The molecule has 8 heteroatoms. The summed E-state index contributed by atoms with van der Waals surface area (Å²) in [5, 5.41) is 4.95. The van der Waals surface area contributed by atoms with Crippen LogP contribution in [-0.4, -0.2) is 16.8 Å². The monoisotopic (exact) mass is 312 g/mol. The van der Waals surface area contributed by atoms with Gasteiger partial charge < -0.3 is 0 Å². The van der Waals surface area contributed by atoms with Crippen molar-refractivity contribution in [3.63, 3.8) is 0 Å². The minimum Gasteiger partial charge on any atom is -0.280 e. The number of nitrogens with two attached hydrogens (primary N) is 1. The van der Waals surface area contributed by atoms with Crippen molar-refractivity contribution < 1.29 is 16.8 Å². The molecule has 3 N–H and O–H groups in total. The first-order valence-corrected chi connectivity index (χ1v) is 8.53. The summed E-state index contributed by atoms with van der Waals surface area (Å²) >= 11 is 0. The van der Waals surface area contributed by atoms with Crippen LogP contribution >= 0.6 is 0 Å². The number of para-hydroxylation sites is 1. The fraction of sp³-hybridized carbons (Fsp3) is 0. The lowest BCUT2D eigenvalue weighted by Crippen LogP contribution is -2.14. The number of hydrogen-bond donors (Lipinski definition) is 2. The lowest BCUT2D eigenvalue weighted by Gasteiger charge is -2.08. The molecule has 0 saturated carbocycles. The van der Waals surface area contributed by atoms with E-state index in [1.165, 1.54) is 12.1 Å². The Balaban J connectivity index is 2.31. The molecule has 0 saturated heterocycles. The van der Waals surface area contributed by atoms with Gasteiger partial charge in [0.25, 0.3) is 10.0 Å². The van der Waals surface area contributed by atoms with E-state index in [9.17, 15) is 16.8 Å². The fourth-order valence-electron chi connectivity index (χ4n) is 1.53. The number of primary sulfonamides is 1. The van der Waals surface area contributed by atoms with Crippen molar-refractivity contribution in [3.8, 4) is 0 Å². The summed E-state index contributed by atoms with van der Waals surface area (Å²) in [5.41, 5.74) is 0.419. The van der Waals surface area contributed by atoms with E-state index in [4.69, 9.17) is 5.14 Å². The van der Waals surface area contributed by atoms with Crippen molar-refractivity contribution in [2.24, 2.45) is 5.14 Å². The summed E-state index contributed by atoms with van der Waals surface area (Å²) in [6, 6.07) is 13.0. The molecule has 0 aliphatic heterocycles. The van der Waals surface area contributed by atoms with E-state index in [-0.39, 0.29) is 9.79 Å². The largest absolute Gasteiger partial charge is 0.280 e. The predicted octanol–water partition coefficient (Wildman–Crippen LogP) is 1.13. The molecule has 2 aromatic carbocycles. The second-order valence-corrected chi connectivity index (χ2v) is 7.23. The molecule has 106 valence electrons. The maximum atomic E-state index is 12.1. The van der Waals surface area contributed by atoms with Gasteiger partial charge in [-0.1, -0.05) is 18.2 Å². The second kappa shape index (κ2) is 5.23. The highest BCUT2D eigenvalue weighted by Gasteiger charge is 2.15. The first-order valence-electron chi connectivity index (χ1n) is 5.50. The molecule has 20 heavy (non-hydrogen) atoms. The van der Waals surface area contributed by atoms with Gasteiger partial charge in [0.05, 0.1) is 9.79 Å². The van der Waals surface area contributed by atoms with Crippen molar-refractivity contribution in [3.05, 3.63) is 54.6 Å². The molecule has 2 aromatic rings. The number of rotatable bonds is 4. The minimum absolute atomic E-state index is 0.0475. The summed E-state index contributed by atoms with van der Waals surface area (Å²) in [6.45, 7) is 0. The first kappa shape index (κ1) is 14.5. The van der Waals surface area contributed by atoms with Crippen LogP contribution in [0.1, 0.15) is 0 Å². The topological polar surface area (TPSA) is 106 Å². The Bertz CT molecular complexity index is 798. The van der Waals surface area contributed by atoms with Crippen molar-refractivity contribution in [2.45, 2.75) is 9.79 Å². The molecule has 0 unspecified atom stereocenters. The van der Waals surface area contributed by atoms with Gasteiger partial charge in [-0.05, 0) is 36.4 Å². The molecule has 0 aliphatic rings. The zero-order valence-electron chi connectivity index (χ0n) is 10.2. The molecule has 0 spiro atoms. The van der Waals surface area contributed by atoms with Crippen LogP contribution in [0.4, 0.5) is 5.69 Å². The van der Waals surface area contributed by atoms with E-state index in [1.54, 1.807) is 30.3 Å². The lowest BCUT2D eigenvalue weighted by atomic mass is 10.3. The molecular weight excluding hydrogens is 300 g/mol. The molecule has 0 bridgehead atoms. The average molecular weight is 312 g/mol. The summed E-state index contributed by atoms with van der Waals surface area (Å²) in [5.74, 6) is 0. The number of anilines is 1. The predicted molar refractivity (Wildman–Crippen MR) is 75.1 cm³/mol. The standard InChI is InChI=1S/C12H12N2O4S2/c13-19(15,16)11-6-8-12(9-7-11)20(17,18)14-10-4-2-1-3-5-10/h1-9,14H,(H2,13,15,16). The van der Waals surface area contributed by atoms with Crippen LogP contribution in [0.25, 0.3) is 0 Å². The molecule has 0 fully saturated rings. The molecule has 2 rings (SSSR count). The summed E-state index contributed by atoms with van der Waals surface area (Å²) in [4.78, 5) is -0.190. The summed E-state index contributed by atoms with van der Waals surface area (Å²) < 4.78 is 48.7. The van der Waals surface area contributed by atoms with Gasteiger partial charge in [0.2, 0.25) is 10.0 Å². The van der Waals surface area contributed by atoms with Crippen LogP contribution in [0, 0.1) is 0 Å². The molecule has 0 radical (unpaired) electrons. The van der Waals surface area contributed by atoms with Gasteiger partial charge in [0.15, 0.2) is 0 Å². The smallest absolute Gasteiger partial charge is 0.261 e. The van der Waals surface area contributed by atoms with Crippen molar-refractivity contribution in [1.29, 1.82) is 0 Å². The number of nitrogens with one attached hydrogen (secondary N) is 1. The maximum Gasteiger partial charge on any atom is 0.261 e. The van der Waals surface area contributed by atoms with Gasteiger partial charge >= 0.3 is 0 Å². The Morgan fingerprint density at radius 2 is 1.25 bits per heavy atom. The maximum absolute atomic E-state index is 12.1. The van der Waals surface area contributed by atoms with Crippen LogP contribution in [0.2, 0.25) is 0 Å². The number of sulfonamides is 2. The molecule has 6 nitrogen and oxygen atoms in total.